The van der Waals surface area contributed by atoms with Crippen LogP contribution in [0.15, 0.2) is 58.1 Å². The van der Waals surface area contributed by atoms with E-state index in [9.17, 15) is 14.4 Å². The fourth-order valence-electron chi connectivity index (χ4n) is 4.85. The van der Waals surface area contributed by atoms with Crippen molar-refractivity contribution >= 4 is 24.0 Å². The minimum Gasteiger partial charge on any atom is -0.462 e. The zero-order valence-corrected chi connectivity index (χ0v) is 17.1. The number of furan rings is 1. The van der Waals surface area contributed by atoms with Crippen LogP contribution in [0.1, 0.15) is 35.9 Å². The van der Waals surface area contributed by atoms with Crippen molar-refractivity contribution in [1.82, 2.24) is 5.01 Å². The summed E-state index contributed by atoms with van der Waals surface area (Å²) in [6, 6.07) is 10.4. The van der Waals surface area contributed by atoms with Crippen molar-refractivity contribution < 1.29 is 23.5 Å². The number of carbonyl (C=O) groups is 3. The summed E-state index contributed by atoms with van der Waals surface area (Å²) in [7, 11) is 0. The highest BCUT2D eigenvalue weighted by Crippen LogP contribution is 2.49. The molecule has 3 aliphatic carbocycles. The molecule has 6 rings (SSSR count). The Labute approximate surface area is 179 Å². The van der Waals surface area contributed by atoms with Crippen LogP contribution in [0.4, 0.5) is 0 Å². The minimum atomic E-state index is -0.370. The lowest BCUT2D eigenvalue weighted by atomic mass is 9.63. The van der Waals surface area contributed by atoms with Gasteiger partial charge in [-0.2, -0.15) is 10.1 Å². The largest absolute Gasteiger partial charge is 0.462 e. The molecular formula is C24H22N2O5. The Morgan fingerprint density at radius 3 is 2.29 bits per heavy atom. The number of benzene rings is 1. The van der Waals surface area contributed by atoms with Gasteiger partial charge in [0.05, 0.1) is 30.2 Å². The predicted octanol–water partition coefficient (Wildman–Crippen LogP) is 3.65. The fraction of sp³-hybridized carbons (Fsp3) is 0.333. The van der Waals surface area contributed by atoms with Crippen LogP contribution in [0.5, 0.6) is 0 Å². The molecule has 0 spiro atoms. The van der Waals surface area contributed by atoms with Gasteiger partial charge in [-0.05, 0) is 55.9 Å². The summed E-state index contributed by atoms with van der Waals surface area (Å²) in [5.41, 5.74) is 1.25. The second kappa shape index (κ2) is 7.65. The number of allylic oxidation sites excluding steroid dienone is 2. The number of hydrogen-bond donors (Lipinski definition) is 0. The normalized spacial score (nSPS) is 26.7. The van der Waals surface area contributed by atoms with E-state index in [0.717, 1.165) is 23.4 Å². The molecule has 4 aliphatic rings. The molecule has 2 aromatic rings. The SMILES string of the molecule is CCOC(=O)c1ccc(-c2ccc(/C=N\N3C(=O)[C@H]4[C@H](C3=O)[C@H]3C=C[C@H]4CC3)o2)cc1. The number of hydrogen-bond acceptors (Lipinski definition) is 6. The molecule has 1 aromatic carbocycles. The predicted molar refractivity (Wildman–Crippen MR) is 112 cm³/mol. The number of carbonyl (C=O) groups excluding carboxylic acids is 3. The smallest absolute Gasteiger partial charge is 0.338 e. The van der Waals surface area contributed by atoms with Crippen LogP contribution in [-0.4, -0.2) is 35.6 Å². The molecule has 4 atom stereocenters. The van der Waals surface area contributed by atoms with Crippen molar-refractivity contribution in [2.45, 2.75) is 19.8 Å². The van der Waals surface area contributed by atoms with Crippen LogP contribution in [-0.2, 0) is 14.3 Å². The van der Waals surface area contributed by atoms with Crippen LogP contribution in [0, 0.1) is 23.7 Å². The molecule has 1 aliphatic heterocycles. The van der Waals surface area contributed by atoms with E-state index < -0.39 is 0 Å². The Morgan fingerprint density at radius 1 is 1.06 bits per heavy atom. The summed E-state index contributed by atoms with van der Waals surface area (Å²) in [5, 5.41) is 5.19. The first-order valence-electron chi connectivity index (χ1n) is 10.5. The molecule has 2 fully saturated rings. The van der Waals surface area contributed by atoms with Gasteiger partial charge in [-0.1, -0.05) is 24.3 Å². The van der Waals surface area contributed by atoms with E-state index in [4.69, 9.17) is 9.15 Å². The Balaban J connectivity index is 1.30. The molecule has 1 saturated heterocycles. The van der Waals surface area contributed by atoms with Crippen LogP contribution in [0.2, 0.25) is 0 Å². The quantitative estimate of drug-likeness (QED) is 0.320. The standard InChI is InChI=1S/C24H22N2O5/c1-2-30-24(29)17-9-3-14(4-10-17)19-12-11-18(31-19)13-25-26-22(27)20-15-5-6-16(8-7-15)21(20)23(26)28/h3-6,9-13,15-16,20-21H,2,7-8H2,1H3/b25-13-/t15-,16-,20+,21+/m0/s1. The zero-order chi connectivity index (χ0) is 21.5. The van der Waals surface area contributed by atoms with E-state index in [0.29, 0.717) is 23.7 Å². The van der Waals surface area contributed by atoms with E-state index in [1.54, 1.807) is 43.3 Å². The van der Waals surface area contributed by atoms with E-state index in [1.807, 2.05) is 0 Å². The number of esters is 1. The van der Waals surface area contributed by atoms with Gasteiger partial charge in [0.1, 0.15) is 11.5 Å². The van der Waals surface area contributed by atoms with Crippen molar-refractivity contribution in [2.75, 3.05) is 6.61 Å². The highest BCUT2D eigenvalue weighted by molar-refractivity contribution is 6.06. The Morgan fingerprint density at radius 2 is 1.71 bits per heavy atom. The van der Waals surface area contributed by atoms with Crippen molar-refractivity contribution in [3.8, 4) is 11.3 Å². The number of hydrazone groups is 1. The summed E-state index contributed by atoms with van der Waals surface area (Å²) < 4.78 is 10.8. The topological polar surface area (TPSA) is 89.2 Å². The first kappa shape index (κ1) is 19.5. The Kier molecular flexibility index (Phi) is 4.81. The highest BCUT2D eigenvalue weighted by atomic mass is 16.5. The summed E-state index contributed by atoms with van der Waals surface area (Å²) in [4.78, 5) is 37.4. The van der Waals surface area contributed by atoms with Gasteiger partial charge in [-0.25, -0.2) is 4.79 Å². The number of imide groups is 1. The average molecular weight is 418 g/mol. The molecule has 2 heterocycles. The van der Waals surface area contributed by atoms with Crippen molar-refractivity contribution in [1.29, 1.82) is 0 Å². The van der Waals surface area contributed by atoms with Gasteiger partial charge in [0.25, 0.3) is 11.8 Å². The summed E-state index contributed by atoms with van der Waals surface area (Å²) >= 11 is 0. The van der Waals surface area contributed by atoms with Crippen molar-refractivity contribution in [3.63, 3.8) is 0 Å². The lowest BCUT2D eigenvalue weighted by Gasteiger charge is -2.37. The van der Waals surface area contributed by atoms with Gasteiger partial charge < -0.3 is 9.15 Å². The number of ether oxygens (including phenoxy) is 1. The second-order valence-corrected chi connectivity index (χ2v) is 8.07. The van der Waals surface area contributed by atoms with Crippen molar-refractivity contribution in [2.24, 2.45) is 28.8 Å². The zero-order valence-electron chi connectivity index (χ0n) is 17.1. The summed E-state index contributed by atoms with van der Waals surface area (Å²) in [6.07, 6.45) is 7.48. The summed E-state index contributed by atoms with van der Waals surface area (Å²) in [5.74, 6) is -0.0625. The van der Waals surface area contributed by atoms with Gasteiger partial charge in [-0.3, -0.25) is 9.59 Å². The molecule has 158 valence electrons. The monoisotopic (exact) mass is 418 g/mol. The maximum absolute atomic E-state index is 12.8. The maximum Gasteiger partial charge on any atom is 0.338 e. The molecule has 1 saturated carbocycles. The molecule has 7 nitrogen and oxygen atoms in total. The molecular weight excluding hydrogens is 396 g/mol. The third-order valence-electron chi connectivity index (χ3n) is 6.34. The second-order valence-electron chi connectivity index (χ2n) is 8.07. The molecule has 0 radical (unpaired) electrons. The first-order valence-corrected chi connectivity index (χ1v) is 10.5. The highest BCUT2D eigenvalue weighted by Gasteiger charge is 2.56. The number of fused-ring (bicyclic) bond motifs is 1. The molecule has 7 heteroatoms. The van der Waals surface area contributed by atoms with Gasteiger partial charge >= 0.3 is 5.97 Å². The van der Waals surface area contributed by atoms with Crippen LogP contribution in [0.3, 0.4) is 0 Å². The van der Waals surface area contributed by atoms with Crippen LogP contribution < -0.4 is 0 Å². The lowest BCUT2D eigenvalue weighted by molar-refractivity contribution is -0.140. The molecule has 0 N–H and O–H groups in total. The van der Waals surface area contributed by atoms with Crippen molar-refractivity contribution in [3.05, 3.63) is 59.9 Å². The Hall–Kier alpha value is -3.48. The van der Waals surface area contributed by atoms with E-state index >= 15 is 0 Å². The average Bonchev–Trinajstić information content (AvgIpc) is 3.38. The summed E-state index contributed by atoms with van der Waals surface area (Å²) in [6.45, 7) is 2.08. The van der Waals surface area contributed by atoms with Gasteiger partial charge in [0.15, 0.2) is 0 Å². The maximum atomic E-state index is 12.8. The molecule has 0 unspecified atom stereocenters. The molecule has 31 heavy (non-hydrogen) atoms. The Bertz CT molecular complexity index is 1070. The minimum absolute atomic E-state index is 0.138. The number of rotatable bonds is 5. The molecule has 2 amide bonds. The van der Waals surface area contributed by atoms with Gasteiger partial charge in [0, 0.05) is 5.56 Å². The van der Waals surface area contributed by atoms with Gasteiger partial charge in [0.2, 0.25) is 0 Å². The van der Waals surface area contributed by atoms with Crippen LogP contribution in [0.25, 0.3) is 11.3 Å². The third kappa shape index (κ3) is 3.30. The van der Waals surface area contributed by atoms with Crippen LogP contribution >= 0.6 is 0 Å². The van der Waals surface area contributed by atoms with E-state index in [2.05, 4.69) is 17.3 Å². The van der Waals surface area contributed by atoms with E-state index in [-0.39, 0.29) is 41.5 Å². The number of nitrogens with zero attached hydrogens (tertiary/aromatic N) is 2. The van der Waals surface area contributed by atoms with Gasteiger partial charge in [-0.15, -0.1) is 0 Å². The molecule has 2 bridgehead atoms. The molecule has 1 aromatic heterocycles. The third-order valence-corrected chi connectivity index (χ3v) is 6.34. The fourth-order valence-corrected chi connectivity index (χ4v) is 4.85. The lowest BCUT2D eigenvalue weighted by Crippen LogP contribution is -2.38. The van der Waals surface area contributed by atoms with E-state index in [1.165, 1.54) is 6.21 Å². The first-order chi connectivity index (χ1) is 15.1. The number of amides is 2.